The predicted molar refractivity (Wildman–Crippen MR) is 46.0 cm³/mol. The molecule has 1 aliphatic heterocycles. The second kappa shape index (κ2) is 4.98. The summed E-state index contributed by atoms with van der Waals surface area (Å²) in [6.45, 7) is 3.00. The standard InChI is InChI=1S/C8H16N2O2/c1-12-8(11)10-4-2-3-7-5-9-6-7/h7,9H,2-6H2,1H3,(H,10,11). The summed E-state index contributed by atoms with van der Waals surface area (Å²) >= 11 is 0. The lowest BCUT2D eigenvalue weighted by molar-refractivity contribution is 0.170. The van der Waals surface area contributed by atoms with E-state index in [9.17, 15) is 4.79 Å². The maximum atomic E-state index is 10.6. The number of hydrogen-bond acceptors (Lipinski definition) is 3. The number of ether oxygens (including phenoxy) is 1. The highest BCUT2D eigenvalue weighted by Crippen LogP contribution is 2.09. The summed E-state index contributed by atoms with van der Waals surface area (Å²) in [6.07, 6.45) is 1.90. The van der Waals surface area contributed by atoms with Crippen LogP contribution in [-0.2, 0) is 4.74 Å². The van der Waals surface area contributed by atoms with Gasteiger partial charge < -0.3 is 15.4 Å². The monoisotopic (exact) mass is 172 g/mol. The van der Waals surface area contributed by atoms with E-state index >= 15 is 0 Å². The van der Waals surface area contributed by atoms with Gasteiger partial charge in [0.2, 0.25) is 0 Å². The van der Waals surface area contributed by atoms with Crippen LogP contribution in [0.1, 0.15) is 12.8 Å². The van der Waals surface area contributed by atoms with Crippen LogP contribution in [0.5, 0.6) is 0 Å². The van der Waals surface area contributed by atoms with E-state index in [1.807, 2.05) is 0 Å². The van der Waals surface area contributed by atoms with Crippen LogP contribution < -0.4 is 10.6 Å². The summed E-state index contributed by atoms with van der Waals surface area (Å²) in [5.74, 6) is 0.824. The number of carbonyl (C=O) groups excluding carboxylic acids is 1. The smallest absolute Gasteiger partial charge is 0.406 e. The Hall–Kier alpha value is -0.770. The number of hydrogen-bond donors (Lipinski definition) is 2. The van der Waals surface area contributed by atoms with Gasteiger partial charge in [-0.3, -0.25) is 0 Å². The molecule has 1 amide bonds. The van der Waals surface area contributed by atoms with Crippen LogP contribution in [-0.4, -0.2) is 32.8 Å². The zero-order valence-corrected chi connectivity index (χ0v) is 7.43. The first-order valence-electron chi connectivity index (χ1n) is 4.35. The Morgan fingerprint density at radius 3 is 2.92 bits per heavy atom. The van der Waals surface area contributed by atoms with Crippen molar-refractivity contribution in [3.63, 3.8) is 0 Å². The molecule has 0 aromatic heterocycles. The van der Waals surface area contributed by atoms with E-state index in [-0.39, 0.29) is 6.09 Å². The summed E-state index contributed by atoms with van der Waals surface area (Å²) < 4.78 is 4.44. The molecule has 1 fully saturated rings. The van der Waals surface area contributed by atoms with Gasteiger partial charge in [0.05, 0.1) is 7.11 Å². The highest BCUT2D eigenvalue weighted by molar-refractivity contribution is 5.66. The average molecular weight is 172 g/mol. The summed E-state index contributed by atoms with van der Waals surface area (Å²) in [5, 5.41) is 5.86. The van der Waals surface area contributed by atoms with E-state index in [1.165, 1.54) is 13.5 Å². The Kier molecular flexibility index (Phi) is 3.87. The van der Waals surface area contributed by atoms with Gasteiger partial charge in [0.1, 0.15) is 0 Å². The summed E-state index contributed by atoms with van der Waals surface area (Å²) in [4.78, 5) is 10.6. The van der Waals surface area contributed by atoms with Gasteiger partial charge in [-0.25, -0.2) is 4.79 Å². The molecule has 1 rings (SSSR count). The van der Waals surface area contributed by atoms with Crippen molar-refractivity contribution in [3.8, 4) is 0 Å². The van der Waals surface area contributed by atoms with Crippen LogP contribution in [0.25, 0.3) is 0 Å². The molecule has 0 unspecified atom stereocenters. The van der Waals surface area contributed by atoms with Gasteiger partial charge in [-0.1, -0.05) is 0 Å². The third-order valence-corrected chi connectivity index (χ3v) is 2.11. The molecular formula is C8H16N2O2. The van der Waals surface area contributed by atoms with E-state index in [0.29, 0.717) is 0 Å². The van der Waals surface area contributed by atoms with Gasteiger partial charge >= 0.3 is 6.09 Å². The molecule has 1 saturated heterocycles. The molecule has 1 heterocycles. The van der Waals surface area contributed by atoms with Crippen molar-refractivity contribution in [1.29, 1.82) is 0 Å². The Morgan fingerprint density at radius 1 is 1.67 bits per heavy atom. The molecule has 0 spiro atoms. The first-order valence-corrected chi connectivity index (χ1v) is 4.35. The lowest BCUT2D eigenvalue weighted by Gasteiger charge is -2.26. The highest BCUT2D eigenvalue weighted by Gasteiger charge is 2.15. The van der Waals surface area contributed by atoms with Gasteiger partial charge in [0.15, 0.2) is 0 Å². The van der Waals surface area contributed by atoms with E-state index in [1.54, 1.807) is 0 Å². The fraction of sp³-hybridized carbons (Fsp3) is 0.875. The maximum Gasteiger partial charge on any atom is 0.406 e. The Morgan fingerprint density at radius 2 is 2.42 bits per heavy atom. The van der Waals surface area contributed by atoms with E-state index in [4.69, 9.17) is 0 Å². The fourth-order valence-corrected chi connectivity index (χ4v) is 1.21. The quantitative estimate of drug-likeness (QED) is 0.601. The average Bonchev–Trinajstić information content (AvgIpc) is 2.00. The second-order valence-corrected chi connectivity index (χ2v) is 3.08. The number of rotatable bonds is 4. The van der Waals surface area contributed by atoms with Gasteiger partial charge in [0, 0.05) is 6.54 Å². The summed E-state index contributed by atoms with van der Waals surface area (Å²) in [6, 6.07) is 0. The van der Waals surface area contributed by atoms with Crippen molar-refractivity contribution < 1.29 is 9.53 Å². The Labute approximate surface area is 72.7 Å². The van der Waals surface area contributed by atoms with Crippen LogP contribution in [0, 0.1) is 5.92 Å². The van der Waals surface area contributed by atoms with Gasteiger partial charge in [-0.15, -0.1) is 0 Å². The maximum absolute atomic E-state index is 10.6. The molecule has 1 aliphatic rings. The van der Waals surface area contributed by atoms with Gasteiger partial charge in [0.25, 0.3) is 0 Å². The number of nitrogens with one attached hydrogen (secondary N) is 2. The van der Waals surface area contributed by atoms with Crippen LogP contribution in [0.4, 0.5) is 4.79 Å². The number of methoxy groups -OCH3 is 1. The fourth-order valence-electron chi connectivity index (χ4n) is 1.21. The largest absolute Gasteiger partial charge is 0.453 e. The molecule has 4 heteroatoms. The van der Waals surface area contributed by atoms with Crippen molar-refractivity contribution in [2.45, 2.75) is 12.8 Å². The predicted octanol–water partition coefficient (Wildman–Crippen LogP) is 0.342. The van der Waals surface area contributed by atoms with Crippen LogP contribution in [0.3, 0.4) is 0 Å². The van der Waals surface area contributed by atoms with Gasteiger partial charge in [-0.2, -0.15) is 0 Å². The Bertz CT molecular complexity index is 146. The van der Waals surface area contributed by atoms with Crippen molar-refractivity contribution in [3.05, 3.63) is 0 Å². The highest BCUT2D eigenvalue weighted by atomic mass is 16.5. The molecule has 4 nitrogen and oxygen atoms in total. The van der Waals surface area contributed by atoms with E-state index < -0.39 is 0 Å². The van der Waals surface area contributed by atoms with Crippen molar-refractivity contribution in [2.24, 2.45) is 5.92 Å². The Balaban J connectivity index is 1.85. The number of alkyl carbamates (subject to hydrolysis) is 1. The van der Waals surface area contributed by atoms with Crippen molar-refractivity contribution in [2.75, 3.05) is 26.7 Å². The summed E-state index contributed by atoms with van der Waals surface area (Å²) in [7, 11) is 1.38. The lowest BCUT2D eigenvalue weighted by atomic mass is 9.98. The third kappa shape index (κ3) is 3.09. The molecule has 0 aromatic rings. The first kappa shape index (κ1) is 9.32. The molecule has 0 saturated carbocycles. The molecular weight excluding hydrogens is 156 g/mol. The third-order valence-electron chi connectivity index (χ3n) is 2.11. The van der Waals surface area contributed by atoms with Crippen LogP contribution >= 0.6 is 0 Å². The van der Waals surface area contributed by atoms with Crippen molar-refractivity contribution >= 4 is 6.09 Å². The molecule has 0 aliphatic carbocycles. The zero-order valence-electron chi connectivity index (χ0n) is 7.43. The van der Waals surface area contributed by atoms with E-state index in [2.05, 4.69) is 15.4 Å². The van der Waals surface area contributed by atoms with E-state index in [0.717, 1.165) is 32.0 Å². The lowest BCUT2D eigenvalue weighted by Crippen LogP contribution is -2.42. The van der Waals surface area contributed by atoms with Crippen LogP contribution in [0.15, 0.2) is 0 Å². The number of carbonyl (C=O) groups is 1. The topological polar surface area (TPSA) is 50.4 Å². The molecule has 0 radical (unpaired) electrons. The summed E-state index contributed by atoms with van der Waals surface area (Å²) in [5.41, 5.74) is 0. The van der Waals surface area contributed by atoms with Crippen molar-refractivity contribution in [1.82, 2.24) is 10.6 Å². The van der Waals surface area contributed by atoms with Gasteiger partial charge in [-0.05, 0) is 31.8 Å². The second-order valence-electron chi connectivity index (χ2n) is 3.08. The molecule has 70 valence electrons. The molecule has 0 aromatic carbocycles. The molecule has 2 N–H and O–H groups in total. The molecule has 0 atom stereocenters. The molecule has 0 bridgehead atoms. The minimum Gasteiger partial charge on any atom is -0.453 e. The zero-order chi connectivity index (χ0) is 8.81. The molecule has 12 heavy (non-hydrogen) atoms. The number of amides is 1. The SMILES string of the molecule is COC(=O)NCCCC1CNC1. The minimum atomic E-state index is -0.332. The normalized spacial score (nSPS) is 16.8. The first-order chi connectivity index (χ1) is 5.83. The minimum absolute atomic E-state index is 0.332. The van der Waals surface area contributed by atoms with Crippen LogP contribution in [0.2, 0.25) is 0 Å².